The molecule has 0 radical (unpaired) electrons. The minimum atomic E-state index is -0.664. The quantitative estimate of drug-likeness (QED) is 0.834. The van der Waals surface area contributed by atoms with Crippen molar-refractivity contribution in [1.82, 2.24) is 0 Å². The van der Waals surface area contributed by atoms with Crippen LogP contribution in [-0.2, 0) is 15.0 Å². The molecule has 18 heavy (non-hydrogen) atoms. The largest absolute Gasteiger partial charge is 0.325 e. The lowest BCUT2D eigenvalue weighted by molar-refractivity contribution is -0.129. The van der Waals surface area contributed by atoms with Crippen LogP contribution in [0, 0.1) is 5.92 Å². The highest BCUT2D eigenvalue weighted by molar-refractivity contribution is 6.28. The van der Waals surface area contributed by atoms with Crippen LogP contribution >= 0.6 is 11.6 Å². The highest BCUT2D eigenvalue weighted by Gasteiger charge is 2.56. The van der Waals surface area contributed by atoms with Crippen molar-refractivity contribution < 1.29 is 9.59 Å². The maximum atomic E-state index is 12.4. The fraction of sp³-hybridized carbons (Fsp3) is 0.429. The SMILES string of the molecule is O=C(CCl)C1CCCC12C(=O)Nc1ccccc12. The lowest BCUT2D eigenvalue weighted by atomic mass is 9.71. The van der Waals surface area contributed by atoms with Crippen LogP contribution in [0.2, 0.25) is 0 Å². The van der Waals surface area contributed by atoms with Crippen molar-refractivity contribution in [2.75, 3.05) is 11.2 Å². The standard InChI is InChI=1S/C14H14ClNO2/c15-8-12(17)10-5-3-7-14(10)9-4-1-2-6-11(9)16-13(14)18/h1-2,4,6,10H,3,5,7-8H2,(H,16,18). The van der Waals surface area contributed by atoms with Gasteiger partial charge in [0.15, 0.2) is 5.78 Å². The summed E-state index contributed by atoms with van der Waals surface area (Å²) in [6.07, 6.45) is 2.39. The normalized spacial score (nSPS) is 29.4. The molecule has 4 heteroatoms. The number of carbonyl (C=O) groups is 2. The van der Waals surface area contributed by atoms with Gasteiger partial charge in [-0.2, -0.15) is 0 Å². The molecule has 1 fully saturated rings. The van der Waals surface area contributed by atoms with Crippen LogP contribution in [0.25, 0.3) is 0 Å². The van der Waals surface area contributed by atoms with E-state index in [1.54, 1.807) is 0 Å². The Morgan fingerprint density at radius 2 is 2.22 bits per heavy atom. The van der Waals surface area contributed by atoms with Crippen LogP contribution < -0.4 is 5.32 Å². The smallest absolute Gasteiger partial charge is 0.235 e. The Balaban J connectivity index is 2.14. The summed E-state index contributed by atoms with van der Waals surface area (Å²) < 4.78 is 0. The first kappa shape index (κ1) is 11.7. The predicted molar refractivity (Wildman–Crippen MR) is 69.8 cm³/mol. The molecule has 2 unspecified atom stereocenters. The summed E-state index contributed by atoms with van der Waals surface area (Å²) in [6.45, 7) is 0. The number of hydrogen-bond acceptors (Lipinski definition) is 2. The Morgan fingerprint density at radius 1 is 1.44 bits per heavy atom. The number of fused-ring (bicyclic) bond motifs is 2. The number of nitrogens with one attached hydrogen (secondary N) is 1. The summed E-state index contributed by atoms with van der Waals surface area (Å²) in [7, 11) is 0. The fourth-order valence-corrected chi connectivity index (χ4v) is 3.65. The maximum absolute atomic E-state index is 12.4. The van der Waals surface area contributed by atoms with E-state index in [0.29, 0.717) is 0 Å². The second-order valence-electron chi connectivity index (χ2n) is 5.02. The molecule has 1 aliphatic carbocycles. The Kier molecular flexibility index (Phi) is 2.67. The number of Topliss-reactive ketones (excluding diaryl/α,β-unsaturated/α-hetero) is 1. The van der Waals surface area contributed by atoms with Crippen molar-refractivity contribution in [3.05, 3.63) is 29.8 Å². The lowest BCUT2D eigenvalue weighted by Crippen LogP contribution is -2.42. The van der Waals surface area contributed by atoms with E-state index in [1.165, 1.54) is 0 Å². The molecule has 0 saturated heterocycles. The molecular formula is C14H14ClNO2. The number of rotatable bonds is 2. The molecule has 1 saturated carbocycles. The number of anilines is 1. The van der Waals surface area contributed by atoms with Gasteiger partial charge in [0, 0.05) is 11.6 Å². The molecule has 2 aliphatic rings. The Bertz CT molecular complexity index is 528. The van der Waals surface area contributed by atoms with Crippen LogP contribution in [0.1, 0.15) is 24.8 Å². The lowest BCUT2D eigenvalue weighted by Gasteiger charge is -2.28. The van der Waals surface area contributed by atoms with Crippen molar-refractivity contribution >= 4 is 29.0 Å². The maximum Gasteiger partial charge on any atom is 0.235 e. The van der Waals surface area contributed by atoms with Crippen LogP contribution in [0.15, 0.2) is 24.3 Å². The highest BCUT2D eigenvalue weighted by Crippen LogP contribution is 2.52. The molecule has 0 bridgehead atoms. The molecule has 3 rings (SSSR count). The van der Waals surface area contributed by atoms with Crippen molar-refractivity contribution in [2.24, 2.45) is 5.92 Å². The molecule has 0 aromatic heterocycles. The minimum Gasteiger partial charge on any atom is -0.325 e. The number of halogens is 1. The molecular weight excluding hydrogens is 250 g/mol. The molecule has 1 N–H and O–H groups in total. The van der Waals surface area contributed by atoms with E-state index >= 15 is 0 Å². The van der Waals surface area contributed by atoms with Gasteiger partial charge in [-0.3, -0.25) is 9.59 Å². The zero-order valence-corrected chi connectivity index (χ0v) is 10.7. The molecule has 3 nitrogen and oxygen atoms in total. The van der Waals surface area contributed by atoms with Gasteiger partial charge in [-0.25, -0.2) is 0 Å². The Labute approximate surface area is 111 Å². The van der Waals surface area contributed by atoms with Gasteiger partial charge >= 0.3 is 0 Å². The van der Waals surface area contributed by atoms with Crippen molar-refractivity contribution in [3.8, 4) is 0 Å². The number of alkyl halides is 1. The zero-order valence-electron chi connectivity index (χ0n) is 9.91. The summed E-state index contributed by atoms with van der Waals surface area (Å²) in [6, 6.07) is 7.66. The van der Waals surface area contributed by atoms with Crippen LogP contribution in [0.4, 0.5) is 5.69 Å². The van der Waals surface area contributed by atoms with Crippen molar-refractivity contribution in [2.45, 2.75) is 24.7 Å². The second kappa shape index (κ2) is 4.09. The molecule has 94 valence electrons. The summed E-state index contributed by atoms with van der Waals surface area (Å²) in [5.41, 5.74) is 1.15. The van der Waals surface area contributed by atoms with E-state index in [-0.39, 0.29) is 23.5 Å². The van der Waals surface area contributed by atoms with E-state index in [0.717, 1.165) is 30.5 Å². The zero-order chi connectivity index (χ0) is 12.8. The predicted octanol–water partition coefficient (Wildman–Crippen LogP) is 2.48. The average Bonchev–Trinajstić information content (AvgIpc) is 2.94. The van der Waals surface area contributed by atoms with Gasteiger partial charge in [0.05, 0.1) is 11.3 Å². The second-order valence-corrected chi connectivity index (χ2v) is 5.28. The summed E-state index contributed by atoms with van der Waals surface area (Å²) >= 11 is 5.69. The first-order valence-electron chi connectivity index (χ1n) is 6.20. The Morgan fingerprint density at radius 3 is 3.00 bits per heavy atom. The molecule has 1 amide bonds. The molecule has 1 aromatic rings. The number of para-hydroxylation sites is 1. The van der Waals surface area contributed by atoms with Gasteiger partial charge in [0.1, 0.15) is 0 Å². The topological polar surface area (TPSA) is 46.2 Å². The summed E-state index contributed by atoms with van der Waals surface area (Å²) in [5.74, 6) is -0.327. The number of ketones is 1. The van der Waals surface area contributed by atoms with Gasteiger partial charge in [-0.05, 0) is 24.5 Å². The third kappa shape index (κ3) is 1.37. The fourth-order valence-electron chi connectivity index (χ4n) is 3.47. The van der Waals surface area contributed by atoms with Gasteiger partial charge in [0.25, 0.3) is 0 Å². The third-order valence-electron chi connectivity index (χ3n) is 4.24. The number of benzene rings is 1. The molecule has 1 heterocycles. The Hall–Kier alpha value is -1.35. The first-order valence-corrected chi connectivity index (χ1v) is 6.73. The van der Waals surface area contributed by atoms with Crippen molar-refractivity contribution in [1.29, 1.82) is 0 Å². The highest BCUT2D eigenvalue weighted by atomic mass is 35.5. The first-order chi connectivity index (χ1) is 8.70. The van der Waals surface area contributed by atoms with E-state index < -0.39 is 5.41 Å². The van der Waals surface area contributed by atoms with E-state index in [4.69, 9.17) is 11.6 Å². The molecule has 1 aliphatic heterocycles. The van der Waals surface area contributed by atoms with Gasteiger partial charge in [-0.15, -0.1) is 11.6 Å². The molecule has 1 aromatic carbocycles. The van der Waals surface area contributed by atoms with Gasteiger partial charge in [0.2, 0.25) is 5.91 Å². The van der Waals surface area contributed by atoms with E-state index in [1.807, 2.05) is 24.3 Å². The molecule has 1 spiro atoms. The number of amides is 1. The van der Waals surface area contributed by atoms with E-state index in [2.05, 4.69) is 5.32 Å². The van der Waals surface area contributed by atoms with Gasteiger partial charge < -0.3 is 5.32 Å². The van der Waals surface area contributed by atoms with Crippen LogP contribution in [0.5, 0.6) is 0 Å². The van der Waals surface area contributed by atoms with E-state index in [9.17, 15) is 9.59 Å². The number of carbonyl (C=O) groups excluding carboxylic acids is 2. The van der Waals surface area contributed by atoms with Crippen LogP contribution in [0.3, 0.4) is 0 Å². The summed E-state index contributed by atoms with van der Waals surface area (Å²) in [5, 5.41) is 2.90. The third-order valence-corrected chi connectivity index (χ3v) is 4.50. The number of hydrogen-bond donors (Lipinski definition) is 1. The van der Waals surface area contributed by atoms with Gasteiger partial charge in [-0.1, -0.05) is 24.6 Å². The monoisotopic (exact) mass is 263 g/mol. The summed E-state index contributed by atoms with van der Waals surface area (Å²) in [4.78, 5) is 24.4. The minimum absolute atomic E-state index is 0.0120. The molecule has 2 atom stereocenters. The van der Waals surface area contributed by atoms with Crippen LogP contribution in [-0.4, -0.2) is 17.6 Å². The van der Waals surface area contributed by atoms with Crippen molar-refractivity contribution in [3.63, 3.8) is 0 Å². The average molecular weight is 264 g/mol.